The van der Waals surface area contributed by atoms with Crippen LogP contribution in [0.25, 0.3) is 0 Å². The first-order valence-corrected chi connectivity index (χ1v) is 11.7. The van der Waals surface area contributed by atoms with Crippen molar-refractivity contribution in [2.24, 2.45) is 11.3 Å². The van der Waals surface area contributed by atoms with Crippen LogP contribution in [0.1, 0.15) is 75.2 Å². The molecular formula is C25H47N3O4. The molecule has 7 nitrogen and oxygen atoms in total. The first kappa shape index (κ1) is 30.1. The minimum atomic E-state index is -0.713. The van der Waals surface area contributed by atoms with Crippen molar-refractivity contribution < 1.29 is 19.1 Å². The lowest BCUT2D eigenvalue weighted by atomic mass is 9.83. The van der Waals surface area contributed by atoms with Crippen molar-refractivity contribution in [2.45, 2.75) is 92.8 Å². The molecule has 2 atom stereocenters. The molecule has 186 valence electrons. The number of hydrogen-bond donors (Lipinski definition) is 1. The van der Waals surface area contributed by atoms with E-state index >= 15 is 0 Å². The molecule has 0 bridgehead atoms. The maximum atomic E-state index is 13.7. The summed E-state index contributed by atoms with van der Waals surface area (Å²) in [7, 11) is 5.51. The summed E-state index contributed by atoms with van der Waals surface area (Å²) in [6, 6.07) is -1.03. The fourth-order valence-corrected chi connectivity index (χ4v) is 3.99. The summed E-state index contributed by atoms with van der Waals surface area (Å²) in [4.78, 5) is 42.8. The standard InChI is InChI=1S/C25H47N3O4/c1-13-25(14-2,27(10)11)23(31)26-20(24(7,8)9)21(29)28(12)19(17(4)5)16-18(6)22(30)32-15-3/h16-17,19-20H,13-15H2,1-12H3,(H,26,31)/b18-16+. The van der Waals surface area contributed by atoms with Crippen molar-refractivity contribution >= 4 is 17.8 Å². The van der Waals surface area contributed by atoms with Crippen LogP contribution in [0, 0.1) is 11.3 Å². The zero-order chi connectivity index (χ0) is 25.4. The number of amides is 2. The van der Waals surface area contributed by atoms with Crippen LogP contribution >= 0.6 is 0 Å². The van der Waals surface area contributed by atoms with E-state index in [1.54, 1.807) is 31.9 Å². The van der Waals surface area contributed by atoms with Gasteiger partial charge < -0.3 is 15.0 Å². The second-order valence-corrected chi connectivity index (χ2v) is 10.2. The highest BCUT2D eigenvalue weighted by Gasteiger charge is 2.43. The minimum Gasteiger partial charge on any atom is -0.463 e. The van der Waals surface area contributed by atoms with Gasteiger partial charge in [0.25, 0.3) is 0 Å². The Kier molecular flexibility index (Phi) is 11.6. The molecule has 7 heteroatoms. The molecule has 0 aromatic carbocycles. The number of hydrogen-bond acceptors (Lipinski definition) is 5. The van der Waals surface area contributed by atoms with Crippen molar-refractivity contribution in [3.8, 4) is 0 Å². The summed E-state index contributed by atoms with van der Waals surface area (Å²) in [5, 5.41) is 3.07. The minimum absolute atomic E-state index is 0.0665. The summed E-state index contributed by atoms with van der Waals surface area (Å²) in [5.74, 6) is -0.649. The molecular weight excluding hydrogens is 406 g/mol. The Hall–Kier alpha value is -1.89. The number of likely N-dealkylation sites (N-methyl/N-ethyl adjacent to an activating group) is 2. The number of esters is 1. The molecule has 0 saturated heterocycles. The van der Waals surface area contributed by atoms with E-state index in [2.05, 4.69) is 5.32 Å². The summed E-state index contributed by atoms with van der Waals surface area (Å²) < 4.78 is 5.09. The highest BCUT2D eigenvalue weighted by atomic mass is 16.5. The van der Waals surface area contributed by atoms with Crippen LogP contribution in [-0.4, -0.2) is 73.0 Å². The molecule has 0 aromatic heterocycles. The Morgan fingerprint density at radius 1 is 1.00 bits per heavy atom. The summed E-state index contributed by atoms with van der Waals surface area (Å²) in [6.07, 6.45) is 3.06. The largest absolute Gasteiger partial charge is 0.463 e. The molecule has 0 aromatic rings. The fraction of sp³-hybridized carbons (Fsp3) is 0.800. The second kappa shape index (κ2) is 12.4. The highest BCUT2D eigenvalue weighted by Crippen LogP contribution is 2.27. The Morgan fingerprint density at radius 3 is 1.84 bits per heavy atom. The fourth-order valence-electron chi connectivity index (χ4n) is 3.99. The average molecular weight is 454 g/mol. The lowest BCUT2D eigenvalue weighted by molar-refractivity contribution is -0.143. The molecule has 0 fully saturated rings. The van der Waals surface area contributed by atoms with Crippen molar-refractivity contribution in [1.82, 2.24) is 15.1 Å². The van der Waals surface area contributed by atoms with Crippen molar-refractivity contribution in [2.75, 3.05) is 27.7 Å². The monoisotopic (exact) mass is 453 g/mol. The van der Waals surface area contributed by atoms with Gasteiger partial charge in [0.15, 0.2) is 0 Å². The van der Waals surface area contributed by atoms with E-state index < -0.39 is 17.0 Å². The number of rotatable bonds is 11. The van der Waals surface area contributed by atoms with Gasteiger partial charge >= 0.3 is 5.97 Å². The zero-order valence-corrected chi connectivity index (χ0v) is 22.5. The molecule has 0 saturated carbocycles. The van der Waals surface area contributed by atoms with Gasteiger partial charge in [-0.15, -0.1) is 0 Å². The van der Waals surface area contributed by atoms with Gasteiger partial charge in [-0.05, 0) is 52.1 Å². The van der Waals surface area contributed by atoms with E-state index in [0.717, 1.165) is 0 Å². The normalized spacial score (nSPS) is 14.9. The van der Waals surface area contributed by atoms with Gasteiger partial charge in [-0.1, -0.05) is 54.5 Å². The van der Waals surface area contributed by atoms with Crippen LogP contribution in [0.15, 0.2) is 11.6 Å². The number of ether oxygens (including phenoxy) is 1. The molecule has 0 aliphatic carbocycles. The van der Waals surface area contributed by atoms with Crippen molar-refractivity contribution in [3.05, 3.63) is 11.6 Å². The summed E-state index contributed by atoms with van der Waals surface area (Å²) in [6.45, 7) is 17.6. The van der Waals surface area contributed by atoms with E-state index in [1.165, 1.54) is 0 Å². The first-order chi connectivity index (χ1) is 14.6. The molecule has 0 aliphatic heterocycles. The van der Waals surface area contributed by atoms with Crippen LogP contribution in [-0.2, 0) is 19.1 Å². The average Bonchev–Trinajstić information content (AvgIpc) is 2.69. The summed E-state index contributed by atoms with van der Waals surface area (Å²) >= 11 is 0. The lowest BCUT2D eigenvalue weighted by Gasteiger charge is -2.42. The van der Waals surface area contributed by atoms with Crippen LogP contribution in [0.4, 0.5) is 0 Å². The SMILES string of the molecule is CCOC(=O)/C(C)=C/C(C(C)C)N(C)C(=O)C(NC(=O)C(CC)(CC)N(C)C)C(C)(C)C. The molecule has 2 amide bonds. The maximum absolute atomic E-state index is 13.7. The molecule has 0 spiro atoms. The van der Waals surface area contributed by atoms with Crippen LogP contribution < -0.4 is 5.32 Å². The molecule has 32 heavy (non-hydrogen) atoms. The smallest absolute Gasteiger partial charge is 0.333 e. The van der Waals surface area contributed by atoms with Crippen LogP contribution in [0.5, 0.6) is 0 Å². The highest BCUT2D eigenvalue weighted by molar-refractivity contribution is 5.93. The predicted molar refractivity (Wildman–Crippen MR) is 130 cm³/mol. The summed E-state index contributed by atoms with van der Waals surface area (Å²) in [5.41, 5.74) is -0.715. The predicted octanol–water partition coefficient (Wildman–Crippen LogP) is 3.63. The quantitative estimate of drug-likeness (QED) is 0.382. The van der Waals surface area contributed by atoms with Crippen molar-refractivity contribution in [3.63, 3.8) is 0 Å². The lowest BCUT2D eigenvalue weighted by Crippen LogP contribution is -2.63. The Labute approximate surface area is 195 Å². The third-order valence-electron chi connectivity index (χ3n) is 6.33. The maximum Gasteiger partial charge on any atom is 0.333 e. The van der Waals surface area contributed by atoms with E-state index in [0.29, 0.717) is 25.0 Å². The van der Waals surface area contributed by atoms with Gasteiger partial charge in [-0.3, -0.25) is 14.5 Å². The van der Waals surface area contributed by atoms with E-state index in [-0.39, 0.29) is 29.7 Å². The molecule has 0 aliphatic rings. The van der Waals surface area contributed by atoms with Crippen LogP contribution in [0.3, 0.4) is 0 Å². The van der Waals surface area contributed by atoms with Crippen molar-refractivity contribution in [1.29, 1.82) is 0 Å². The van der Waals surface area contributed by atoms with Gasteiger partial charge in [0.2, 0.25) is 11.8 Å². The van der Waals surface area contributed by atoms with E-state index in [4.69, 9.17) is 4.74 Å². The molecule has 0 radical (unpaired) electrons. The van der Waals surface area contributed by atoms with Gasteiger partial charge in [-0.25, -0.2) is 4.79 Å². The topological polar surface area (TPSA) is 79.0 Å². The second-order valence-electron chi connectivity index (χ2n) is 10.2. The van der Waals surface area contributed by atoms with E-state index in [9.17, 15) is 14.4 Å². The number of nitrogens with one attached hydrogen (secondary N) is 1. The molecule has 0 rings (SSSR count). The van der Waals surface area contributed by atoms with E-state index in [1.807, 2.05) is 67.5 Å². The number of carbonyl (C=O) groups is 3. The third kappa shape index (κ3) is 7.32. The Bertz CT molecular complexity index is 673. The molecule has 0 heterocycles. The Morgan fingerprint density at radius 2 is 1.50 bits per heavy atom. The number of nitrogens with zero attached hydrogens (tertiary/aromatic N) is 2. The van der Waals surface area contributed by atoms with Crippen LogP contribution in [0.2, 0.25) is 0 Å². The van der Waals surface area contributed by atoms with Gasteiger partial charge in [-0.2, -0.15) is 0 Å². The van der Waals surface area contributed by atoms with Gasteiger partial charge in [0.05, 0.1) is 18.2 Å². The number of carbonyl (C=O) groups excluding carboxylic acids is 3. The van der Waals surface area contributed by atoms with Gasteiger partial charge in [0.1, 0.15) is 6.04 Å². The Balaban J connectivity index is 6.06. The molecule has 1 N–H and O–H groups in total. The first-order valence-electron chi connectivity index (χ1n) is 11.7. The third-order valence-corrected chi connectivity index (χ3v) is 6.33. The zero-order valence-electron chi connectivity index (χ0n) is 22.5. The molecule has 2 unspecified atom stereocenters. The van der Waals surface area contributed by atoms with Gasteiger partial charge in [0, 0.05) is 12.6 Å².